The van der Waals surface area contributed by atoms with Crippen molar-refractivity contribution < 1.29 is 8.78 Å². The van der Waals surface area contributed by atoms with Gasteiger partial charge in [0.2, 0.25) is 0 Å². The molecule has 0 aliphatic heterocycles. The van der Waals surface area contributed by atoms with Crippen LogP contribution in [0.2, 0.25) is 0 Å². The lowest BCUT2D eigenvalue weighted by Crippen LogP contribution is -2.17. The van der Waals surface area contributed by atoms with E-state index in [1.807, 2.05) is 45.5 Å². The van der Waals surface area contributed by atoms with Crippen LogP contribution in [-0.2, 0) is 6.54 Å². The van der Waals surface area contributed by atoms with Crippen molar-refractivity contribution in [3.63, 3.8) is 0 Å². The molecule has 2 aromatic heterocycles. The molecule has 0 amide bonds. The van der Waals surface area contributed by atoms with E-state index in [1.54, 1.807) is 12.3 Å². The second-order valence-corrected chi connectivity index (χ2v) is 7.49. The fraction of sp³-hybridized carbons (Fsp3) is 0.474. The number of hydrogen-bond donors (Lipinski definition) is 1. The zero-order valence-electron chi connectivity index (χ0n) is 15.7. The maximum Gasteiger partial charge on any atom is 0.272 e. The van der Waals surface area contributed by atoms with Crippen molar-refractivity contribution in [2.24, 2.45) is 0 Å². The van der Waals surface area contributed by atoms with Crippen molar-refractivity contribution in [2.75, 3.05) is 26.0 Å². The number of anilines is 1. The van der Waals surface area contributed by atoms with Crippen LogP contribution in [0.3, 0.4) is 0 Å². The van der Waals surface area contributed by atoms with Crippen molar-refractivity contribution in [1.82, 2.24) is 24.2 Å². The number of hydrogen-bond acceptors (Lipinski definition) is 4. The average Bonchev–Trinajstić information content (AvgIpc) is 3.00. The summed E-state index contributed by atoms with van der Waals surface area (Å²) in [5, 5.41) is 7.48. The third kappa shape index (κ3) is 3.53. The van der Waals surface area contributed by atoms with Crippen LogP contribution in [0.4, 0.5) is 14.5 Å². The summed E-state index contributed by atoms with van der Waals surface area (Å²) in [7, 11) is 4.09. The minimum Gasteiger partial charge on any atom is -0.377 e. The Balaban J connectivity index is 1.50. The topological polar surface area (TPSA) is 50.9 Å². The highest BCUT2D eigenvalue weighted by atomic mass is 19.3. The van der Waals surface area contributed by atoms with Gasteiger partial charge in [0.05, 0.1) is 29.1 Å². The number of halogens is 2. The highest BCUT2D eigenvalue weighted by molar-refractivity contribution is 5.79. The lowest BCUT2D eigenvalue weighted by molar-refractivity contribution is 0.0976. The van der Waals surface area contributed by atoms with Gasteiger partial charge >= 0.3 is 0 Å². The molecular formula is C19H24F2N6. The lowest BCUT2D eigenvalue weighted by atomic mass is 10.2. The number of nitrogens with one attached hydrogen (secondary N) is 1. The van der Waals surface area contributed by atoms with Gasteiger partial charge in [0.1, 0.15) is 6.04 Å². The van der Waals surface area contributed by atoms with E-state index in [-0.39, 0.29) is 12.5 Å². The second kappa shape index (κ2) is 6.60. The summed E-state index contributed by atoms with van der Waals surface area (Å²) in [6.07, 6.45) is 3.30. The Bertz CT molecular complexity index is 945. The summed E-state index contributed by atoms with van der Waals surface area (Å²) in [4.78, 5) is 6.62. The van der Waals surface area contributed by atoms with E-state index in [9.17, 15) is 8.78 Å². The molecule has 1 fully saturated rings. The summed E-state index contributed by atoms with van der Waals surface area (Å²) < 4.78 is 30.4. The molecular weight excluding hydrogens is 350 g/mol. The fourth-order valence-electron chi connectivity index (χ4n) is 3.36. The van der Waals surface area contributed by atoms with Gasteiger partial charge in [-0.3, -0.25) is 4.68 Å². The predicted molar refractivity (Wildman–Crippen MR) is 101 cm³/mol. The third-order valence-electron chi connectivity index (χ3n) is 5.03. The van der Waals surface area contributed by atoms with Crippen molar-refractivity contribution >= 4 is 16.7 Å². The quantitative estimate of drug-likeness (QED) is 0.687. The largest absolute Gasteiger partial charge is 0.377 e. The number of benzene rings is 1. The van der Waals surface area contributed by atoms with Crippen LogP contribution in [0.1, 0.15) is 31.1 Å². The van der Waals surface area contributed by atoms with Crippen LogP contribution >= 0.6 is 0 Å². The molecule has 8 heteroatoms. The second-order valence-electron chi connectivity index (χ2n) is 7.49. The first-order chi connectivity index (χ1) is 12.8. The molecule has 3 aromatic rings. The molecule has 1 aliphatic carbocycles. The maximum absolute atomic E-state index is 13.4. The first-order valence-electron chi connectivity index (χ1n) is 9.12. The number of imidazole rings is 1. The van der Waals surface area contributed by atoms with E-state index in [4.69, 9.17) is 0 Å². The molecule has 0 spiro atoms. The summed E-state index contributed by atoms with van der Waals surface area (Å²) in [6, 6.07) is 6.86. The molecule has 2 heterocycles. The van der Waals surface area contributed by atoms with E-state index < -0.39 is 12.0 Å². The molecule has 4 rings (SSSR count). The predicted octanol–water partition coefficient (Wildman–Crippen LogP) is 3.55. The van der Waals surface area contributed by atoms with Gasteiger partial charge < -0.3 is 14.8 Å². The van der Waals surface area contributed by atoms with Gasteiger partial charge in [-0.05, 0) is 45.3 Å². The minimum atomic E-state index is -2.64. The Morgan fingerprint density at radius 3 is 2.81 bits per heavy atom. The first-order valence-corrected chi connectivity index (χ1v) is 9.12. The fourth-order valence-corrected chi connectivity index (χ4v) is 3.36. The lowest BCUT2D eigenvalue weighted by Gasteiger charge is -2.17. The van der Waals surface area contributed by atoms with Crippen molar-refractivity contribution in [3.8, 4) is 0 Å². The molecule has 6 nitrogen and oxygen atoms in total. The monoisotopic (exact) mass is 374 g/mol. The average molecular weight is 374 g/mol. The Hall–Kier alpha value is -2.48. The molecule has 0 saturated heterocycles. The van der Waals surface area contributed by atoms with E-state index in [0.717, 1.165) is 35.5 Å². The number of rotatable bonds is 7. The molecule has 0 bridgehead atoms. The van der Waals surface area contributed by atoms with Gasteiger partial charge in [-0.25, -0.2) is 13.8 Å². The van der Waals surface area contributed by atoms with Gasteiger partial charge in [-0.2, -0.15) is 5.10 Å². The number of alkyl halides is 2. The van der Waals surface area contributed by atoms with Gasteiger partial charge in [0.25, 0.3) is 5.92 Å². The van der Waals surface area contributed by atoms with Crippen LogP contribution in [0, 0.1) is 0 Å². The number of fused-ring (bicyclic) bond motifs is 1. The van der Waals surface area contributed by atoms with Gasteiger partial charge in [-0.15, -0.1) is 0 Å². The van der Waals surface area contributed by atoms with Crippen LogP contribution in [0.25, 0.3) is 11.0 Å². The summed E-state index contributed by atoms with van der Waals surface area (Å²) in [6.45, 7) is 3.77. The Kier molecular flexibility index (Phi) is 4.38. The summed E-state index contributed by atoms with van der Waals surface area (Å²) in [5.74, 6) is -2.64. The summed E-state index contributed by atoms with van der Waals surface area (Å²) >= 11 is 0. The van der Waals surface area contributed by atoms with Crippen LogP contribution < -0.4 is 5.32 Å². The van der Waals surface area contributed by atoms with Gasteiger partial charge in [-0.1, -0.05) is 0 Å². The zero-order valence-corrected chi connectivity index (χ0v) is 15.7. The van der Waals surface area contributed by atoms with E-state index in [2.05, 4.69) is 24.9 Å². The number of nitrogens with zero attached hydrogens (tertiary/aromatic N) is 5. The number of likely N-dealkylation sites (N-methyl/N-ethyl adjacent to an activating group) is 1. The Morgan fingerprint density at radius 2 is 2.11 bits per heavy atom. The molecule has 1 aromatic carbocycles. The van der Waals surface area contributed by atoms with Gasteiger partial charge in [0.15, 0.2) is 0 Å². The normalized spacial score (nSPS) is 19.6. The van der Waals surface area contributed by atoms with E-state index in [0.29, 0.717) is 0 Å². The SMILES string of the molecule is CC(Nc1ccc2c(c1)ncn2CCN(C)C)c1ccnn1C1CC1(F)F. The van der Waals surface area contributed by atoms with Crippen molar-refractivity contribution in [2.45, 2.75) is 37.9 Å². The highest BCUT2D eigenvalue weighted by Crippen LogP contribution is 2.52. The zero-order chi connectivity index (χ0) is 19.2. The maximum atomic E-state index is 13.4. The molecule has 1 saturated carbocycles. The number of aromatic nitrogens is 4. The first kappa shape index (κ1) is 17.9. The van der Waals surface area contributed by atoms with Crippen molar-refractivity contribution in [1.29, 1.82) is 0 Å². The van der Waals surface area contributed by atoms with E-state index >= 15 is 0 Å². The molecule has 27 heavy (non-hydrogen) atoms. The molecule has 2 unspecified atom stereocenters. The minimum absolute atomic E-state index is 0.134. The van der Waals surface area contributed by atoms with Gasteiger partial charge in [0, 0.05) is 31.4 Å². The molecule has 2 atom stereocenters. The van der Waals surface area contributed by atoms with Crippen LogP contribution in [0.5, 0.6) is 0 Å². The van der Waals surface area contributed by atoms with Crippen LogP contribution in [-0.4, -0.2) is 50.8 Å². The Morgan fingerprint density at radius 1 is 1.33 bits per heavy atom. The third-order valence-corrected chi connectivity index (χ3v) is 5.03. The smallest absolute Gasteiger partial charge is 0.272 e. The molecule has 144 valence electrons. The van der Waals surface area contributed by atoms with Crippen LogP contribution in [0.15, 0.2) is 36.8 Å². The summed E-state index contributed by atoms with van der Waals surface area (Å²) in [5.41, 5.74) is 3.66. The van der Waals surface area contributed by atoms with Crippen molar-refractivity contribution in [3.05, 3.63) is 42.5 Å². The molecule has 0 radical (unpaired) electrons. The highest BCUT2D eigenvalue weighted by Gasteiger charge is 2.59. The van der Waals surface area contributed by atoms with E-state index in [1.165, 1.54) is 4.68 Å². The molecule has 1 N–H and O–H groups in total. The standard InChI is InChI=1S/C19H24F2N6/c1-13(16-6-7-23-27(16)18-11-19(18,20)21)24-14-4-5-17-15(10-14)22-12-26(17)9-8-25(2)3/h4-7,10,12-13,18,24H,8-9,11H2,1-3H3. The molecule has 1 aliphatic rings. The Labute approximate surface area is 156 Å².